The Balaban J connectivity index is 1.71. The molecule has 2 aliphatic rings. The van der Waals surface area contributed by atoms with E-state index in [1.807, 2.05) is 44.2 Å². The minimum Gasteiger partial charge on any atom is -0.459 e. The van der Waals surface area contributed by atoms with Crippen LogP contribution in [0.1, 0.15) is 39.2 Å². The standard InChI is InChI=1S/C18H24O5/c1-13(19)21-15-9-10-16-18(15,23-17(2,3)22-16)12-20-11-14-7-5-4-6-8-14/h4-8,15-16H,9-12H2,1-3H3/t15-,16-,18+/m1/s1. The summed E-state index contributed by atoms with van der Waals surface area (Å²) >= 11 is 0. The first-order valence-electron chi connectivity index (χ1n) is 8.08. The fraction of sp³-hybridized carbons (Fsp3) is 0.611. The first-order valence-corrected chi connectivity index (χ1v) is 8.08. The summed E-state index contributed by atoms with van der Waals surface area (Å²) in [4.78, 5) is 11.4. The van der Waals surface area contributed by atoms with Crippen molar-refractivity contribution < 1.29 is 23.7 Å². The molecule has 0 unspecified atom stereocenters. The van der Waals surface area contributed by atoms with Crippen molar-refractivity contribution in [2.45, 2.75) is 63.8 Å². The zero-order valence-corrected chi connectivity index (χ0v) is 13.9. The van der Waals surface area contributed by atoms with Gasteiger partial charge in [0.15, 0.2) is 11.4 Å². The molecule has 3 rings (SSSR count). The smallest absolute Gasteiger partial charge is 0.303 e. The van der Waals surface area contributed by atoms with E-state index in [4.69, 9.17) is 18.9 Å². The third-order valence-electron chi connectivity index (χ3n) is 4.39. The lowest BCUT2D eigenvalue weighted by molar-refractivity contribution is -0.209. The maximum absolute atomic E-state index is 11.4. The maximum atomic E-state index is 11.4. The van der Waals surface area contributed by atoms with Crippen LogP contribution in [0, 0.1) is 0 Å². The summed E-state index contributed by atoms with van der Waals surface area (Å²) in [5, 5.41) is 0. The van der Waals surface area contributed by atoms with Crippen molar-refractivity contribution in [3.8, 4) is 0 Å². The number of fused-ring (bicyclic) bond motifs is 1. The number of hydrogen-bond acceptors (Lipinski definition) is 5. The quantitative estimate of drug-likeness (QED) is 0.781. The van der Waals surface area contributed by atoms with E-state index >= 15 is 0 Å². The van der Waals surface area contributed by atoms with Crippen LogP contribution in [0.2, 0.25) is 0 Å². The predicted molar refractivity (Wildman–Crippen MR) is 83.7 cm³/mol. The molecule has 0 bridgehead atoms. The van der Waals surface area contributed by atoms with Crippen LogP contribution >= 0.6 is 0 Å². The van der Waals surface area contributed by atoms with Gasteiger partial charge in [0.1, 0.15) is 6.10 Å². The fourth-order valence-electron chi connectivity index (χ4n) is 3.59. The molecule has 5 heteroatoms. The summed E-state index contributed by atoms with van der Waals surface area (Å²) in [7, 11) is 0. The lowest BCUT2D eigenvalue weighted by Crippen LogP contribution is -2.51. The van der Waals surface area contributed by atoms with Gasteiger partial charge < -0.3 is 18.9 Å². The molecule has 0 amide bonds. The Hall–Kier alpha value is -1.43. The second-order valence-electron chi connectivity index (χ2n) is 6.72. The molecular weight excluding hydrogens is 296 g/mol. The Morgan fingerprint density at radius 1 is 1.26 bits per heavy atom. The lowest BCUT2D eigenvalue weighted by Gasteiger charge is -2.33. The summed E-state index contributed by atoms with van der Waals surface area (Å²) in [6, 6.07) is 9.97. The maximum Gasteiger partial charge on any atom is 0.303 e. The van der Waals surface area contributed by atoms with Crippen LogP contribution in [0.4, 0.5) is 0 Å². The highest BCUT2D eigenvalue weighted by Gasteiger charge is 2.62. The van der Waals surface area contributed by atoms with E-state index < -0.39 is 11.4 Å². The van der Waals surface area contributed by atoms with Gasteiger partial charge in [0, 0.05) is 6.92 Å². The zero-order chi connectivity index (χ0) is 16.5. The van der Waals surface area contributed by atoms with E-state index in [0.717, 1.165) is 18.4 Å². The fourth-order valence-corrected chi connectivity index (χ4v) is 3.59. The number of benzene rings is 1. The number of carbonyl (C=O) groups excluding carboxylic acids is 1. The molecule has 2 fully saturated rings. The Bertz CT molecular complexity index is 556. The first-order chi connectivity index (χ1) is 10.9. The van der Waals surface area contributed by atoms with E-state index in [0.29, 0.717) is 13.2 Å². The van der Waals surface area contributed by atoms with Gasteiger partial charge in [0.2, 0.25) is 0 Å². The van der Waals surface area contributed by atoms with E-state index in [-0.39, 0.29) is 18.2 Å². The van der Waals surface area contributed by atoms with Crippen molar-refractivity contribution in [2.75, 3.05) is 6.61 Å². The summed E-state index contributed by atoms with van der Waals surface area (Å²) in [5.74, 6) is -0.994. The summed E-state index contributed by atoms with van der Waals surface area (Å²) in [5.41, 5.74) is 0.380. The molecule has 0 radical (unpaired) electrons. The van der Waals surface area contributed by atoms with Crippen LogP contribution in [0.15, 0.2) is 30.3 Å². The second kappa shape index (κ2) is 6.23. The van der Waals surface area contributed by atoms with Crippen molar-refractivity contribution in [2.24, 2.45) is 0 Å². The van der Waals surface area contributed by atoms with Crippen molar-refractivity contribution >= 4 is 5.97 Å². The van der Waals surface area contributed by atoms with Crippen molar-refractivity contribution in [3.63, 3.8) is 0 Å². The van der Waals surface area contributed by atoms with Crippen LogP contribution in [-0.2, 0) is 30.3 Å². The number of ether oxygens (including phenoxy) is 4. The Morgan fingerprint density at radius 3 is 2.70 bits per heavy atom. The lowest BCUT2D eigenvalue weighted by atomic mass is 9.98. The topological polar surface area (TPSA) is 54.0 Å². The van der Waals surface area contributed by atoms with Gasteiger partial charge in [0.05, 0.1) is 19.3 Å². The van der Waals surface area contributed by atoms with Crippen molar-refractivity contribution in [1.29, 1.82) is 0 Å². The molecule has 1 aromatic carbocycles. The van der Waals surface area contributed by atoms with Gasteiger partial charge in [-0.15, -0.1) is 0 Å². The molecule has 1 saturated carbocycles. The van der Waals surface area contributed by atoms with Gasteiger partial charge in [-0.05, 0) is 32.3 Å². The van der Waals surface area contributed by atoms with Gasteiger partial charge in [-0.2, -0.15) is 0 Å². The molecule has 1 saturated heterocycles. The Kier molecular flexibility index (Phi) is 4.45. The molecule has 126 valence electrons. The highest BCUT2D eigenvalue weighted by atomic mass is 16.8. The summed E-state index contributed by atoms with van der Waals surface area (Å²) in [6.45, 7) is 6.02. The largest absolute Gasteiger partial charge is 0.459 e. The molecule has 1 heterocycles. The van der Waals surface area contributed by atoms with Gasteiger partial charge in [-0.25, -0.2) is 0 Å². The average Bonchev–Trinajstić information content (AvgIpc) is 2.91. The molecule has 0 aromatic heterocycles. The number of esters is 1. The van der Waals surface area contributed by atoms with E-state index in [9.17, 15) is 4.79 Å². The van der Waals surface area contributed by atoms with E-state index in [1.165, 1.54) is 6.92 Å². The number of carbonyl (C=O) groups is 1. The molecule has 1 aromatic rings. The number of rotatable bonds is 5. The molecule has 0 spiro atoms. The minimum absolute atomic E-state index is 0.113. The van der Waals surface area contributed by atoms with Gasteiger partial charge in [-0.1, -0.05) is 30.3 Å². The van der Waals surface area contributed by atoms with Crippen LogP contribution in [-0.4, -0.2) is 36.2 Å². The molecule has 23 heavy (non-hydrogen) atoms. The minimum atomic E-state index is -0.718. The third-order valence-corrected chi connectivity index (χ3v) is 4.39. The Morgan fingerprint density at radius 2 is 2.00 bits per heavy atom. The first kappa shape index (κ1) is 16.4. The monoisotopic (exact) mass is 320 g/mol. The molecular formula is C18H24O5. The second-order valence-corrected chi connectivity index (χ2v) is 6.72. The van der Waals surface area contributed by atoms with Crippen LogP contribution in [0.25, 0.3) is 0 Å². The summed E-state index contributed by atoms with van der Waals surface area (Å²) < 4.78 is 23.6. The van der Waals surface area contributed by atoms with E-state index in [2.05, 4.69) is 0 Å². The van der Waals surface area contributed by atoms with Gasteiger partial charge in [-0.3, -0.25) is 4.79 Å². The van der Waals surface area contributed by atoms with E-state index in [1.54, 1.807) is 0 Å². The molecule has 3 atom stereocenters. The van der Waals surface area contributed by atoms with Crippen molar-refractivity contribution in [1.82, 2.24) is 0 Å². The third kappa shape index (κ3) is 3.42. The molecule has 1 aliphatic carbocycles. The SMILES string of the molecule is CC(=O)O[C@@H]1CC[C@H]2OC(C)(C)O[C@@]12COCc1ccccc1. The van der Waals surface area contributed by atoms with Gasteiger partial charge in [0.25, 0.3) is 0 Å². The molecule has 5 nitrogen and oxygen atoms in total. The van der Waals surface area contributed by atoms with Crippen LogP contribution in [0.3, 0.4) is 0 Å². The molecule has 1 aliphatic heterocycles. The molecule has 0 N–H and O–H groups in total. The Labute approximate surface area is 136 Å². The highest BCUT2D eigenvalue weighted by molar-refractivity contribution is 5.66. The summed E-state index contributed by atoms with van der Waals surface area (Å²) in [6.07, 6.45) is 1.09. The van der Waals surface area contributed by atoms with Crippen LogP contribution in [0.5, 0.6) is 0 Å². The average molecular weight is 320 g/mol. The number of hydrogen-bond donors (Lipinski definition) is 0. The van der Waals surface area contributed by atoms with Gasteiger partial charge >= 0.3 is 5.97 Å². The van der Waals surface area contributed by atoms with Crippen LogP contribution < -0.4 is 0 Å². The zero-order valence-electron chi connectivity index (χ0n) is 13.9. The normalized spacial score (nSPS) is 31.8. The highest BCUT2D eigenvalue weighted by Crippen LogP contribution is 2.48. The predicted octanol–water partition coefficient (Wildman–Crippen LogP) is 2.82. The van der Waals surface area contributed by atoms with Crippen molar-refractivity contribution in [3.05, 3.63) is 35.9 Å².